The van der Waals surface area contributed by atoms with Crippen LogP contribution < -0.4 is 10.6 Å². The van der Waals surface area contributed by atoms with E-state index < -0.39 is 11.2 Å². The van der Waals surface area contributed by atoms with E-state index in [1.54, 1.807) is 17.0 Å². The van der Waals surface area contributed by atoms with Gasteiger partial charge in [0.05, 0.1) is 29.2 Å². The summed E-state index contributed by atoms with van der Waals surface area (Å²) in [5, 5.41) is 30.2. The van der Waals surface area contributed by atoms with Crippen molar-refractivity contribution in [1.82, 2.24) is 24.9 Å². The van der Waals surface area contributed by atoms with E-state index in [0.717, 1.165) is 57.5 Å². The van der Waals surface area contributed by atoms with Gasteiger partial charge >= 0.3 is 6.09 Å². The average Bonchev–Trinajstić information content (AvgIpc) is 3.00. The van der Waals surface area contributed by atoms with E-state index in [-0.39, 0.29) is 17.9 Å². The molecule has 1 amide bonds. The van der Waals surface area contributed by atoms with Crippen LogP contribution in [0.25, 0.3) is 11.3 Å². The Kier molecular flexibility index (Phi) is 9.61. The van der Waals surface area contributed by atoms with E-state index in [4.69, 9.17) is 15.2 Å². The third-order valence-corrected chi connectivity index (χ3v) is 10.0. The summed E-state index contributed by atoms with van der Waals surface area (Å²) >= 11 is 0. The maximum absolute atomic E-state index is 12.3. The minimum absolute atomic E-state index is 0.153. The number of nitrogens with two attached hydrogens (primary N) is 1. The number of nitrogen functional groups attached to an aromatic ring is 1. The van der Waals surface area contributed by atoms with E-state index in [1.165, 1.54) is 0 Å². The number of piperidine rings is 2. The molecule has 4 N–H and O–H groups in total. The normalized spacial score (nSPS) is 24.9. The van der Waals surface area contributed by atoms with Crippen molar-refractivity contribution < 1.29 is 24.5 Å². The predicted molar refractivity (Wildman–Crippen MR) is 177 cm³/mol. The van der Waals surface area contributed by atoms with E-state index in [1.807, 2.05) is 39.0 Å². The summed E-state index contributed by atoms with van der Waals surface area (Å²) in [7, 11) is 0. The highest BCUT2D eigenvalue weighted by molar-refractivity contribution is 5.74. The lowest BCUT2D eigenvalue weighted by molar-refractivity contribution is -0.109. The zero-order chi connectivity index (χ0) is 32.5. The number of anilines is 2. The van der Waals surface area contributed by atoms with E-state index >= 15 is 0 Å². The standard InChI is InChI=1S/C34H51N7O5/c1-33(2,3)46-32(43)41-12-8-25(9-13-41)45-26-20-24(21-26)39-18-16-38(17-19-39)23-34(44)10-14-40(15-11-34)29-22-28(36-37-31(29)35)27-6-4-5-7-30(27)42/h4-7,22,24-26,42,44H,8-21,23H2,1-3H3,(H2,35,37)/t24-,26-. The van der Waals surface area contributed by atoms with Gasteiger partial charge in [-0.1, -0.05) is 12.1 Å². The third kappa shape index (κ3) is 7.84. The van der Waals surface area contributed by atoms with Crippen molar-refractivity contribution in [1.29, 1.82) is 0 Å². The Morgan fingerprint density at radius 2 is 1.65 bits per heavy atom. The number of phenolic OH excluding ortho intramolecular Hbond substituents is 1. The molecule has 0 unspecified atom stereocenters. The summed E-state index contributed by atoms with van der Waals surface area (Å²) in [6.07, 6.45) is 5.50. The number of hydrogen-bond donors (Lipinski definition) is 3. The summed E-state index contributed by atoms with van der Waals surface area (Å²) in [6, 6.07) is 9.53. The van der Waals surface area contributed by atoms with Crippen LogP contribution in [-0.4, -0.2) is 130 Å². The number of ether oxygens (including phenoxy) is 2. The molecule has 4 heterocycles. The van der Waals surface area contributed by atoms with Crippen LogP contribution in [0.2, 0.25) is 0 Å². The Balaban J connectivity index is 0.899. The molecule has 3 aliphatic heterocycles. The number of β-amino-alcohol motifs (C(OH)–C–C–N with tert-alkyl or cyclic N) is 1. The molecule has 0 bridgehead atoms. The second-order valence-electron chi connectivity index (χ2n) is 14.6. The van der Waals surface area contributed by atoms with Crippen LogP contribution >= 0.6 is 0 Å². The second kappa shape index (κ2) is 13.5. The zero-order valence-corrected chi connectivity index (χ0v) is 27.6. The van der Waals surface area contributed by atoms with Gasteiger partial charge in [0, 0.05) is 70.5 Å². The Bertz CT molecular complexity index is 1340. The van der Waals surface area contributed by atoms with Gasteiger partial charge in [0.25, 0.3) is 0 Å². The molecule has 6 rings (SSSR count). The number of likely N-dealkylation sites (tertiary alicyclic amines) is 1. The lowest BCUT2D eigenvalue weighted by Gasteiger charge is -2.48. The minimum atomic E-state index is -0.733. The summed E-state index contributed by atoms with van der Waals surface area (Å²) in [6.45, 7) is 13.1. The first-order valence-corrected chi connectivity index (χ1v) is 16.9. The fraction of sp³-hybridized carbons (Fsp3) is 0.676. The van der Waals surface area contributed by atoms with E-state index in [0.29, 0.717) is 74.8 Å². The van der Waals surface area contributed by atoms with Gasteiger partial charge in [-0.05, 0) is 77.5 Å². The molecular weight excluding hydrogens is 586 g/mol. The summed E-state index contributed by atoms with van der Waals surface area (Å²) in [5.41, 5.74) is 7.00. The number of nitrogens with zero attached hydrogens (tertiary/aromatic N) is 6. The number of rotatable bonds is 7. The molecule has 1 aromatic carbocycles. The third-order valence-electron chi connectivity index (χ3n) is 10.0. The van der Waals surface area contributed by atoms with Gasteiger partial charge in [-0.2, -0.15) is 0 Å². The van der Waals surface area contributed by atoms with Crippen LogP contribution in [0.3, 0.4) is 0 Å². The van der Waals surface area contributed by atoms with Crippen molar-refractivity contribution >= 4 is 17.6 Å². The maximum Gasteiger partial charge on any atom is 0.410 e. The predicted octanol–water partition coefficient (Wildman–Crippen LogP) is 3.33. The smallest absolute Gasteiger partial charge is 0.410 e. The van der Waals surface area contributed by atoms with Crippen LogP contribution in [-0.2, 0) is 9.47 Å². The molecule has 2 aromatic rings. The molecule has 12 heteroatoms. The maximum atomic E-state index is 12.3. The first-order valence-electron chi connectivity index (χ1n) is 16.9. The van der Waals surface area contributed by atoms with Crippen molar-refractivity contribution in [2.45, 2.75) is 88.7 Å². The molecule has 46 heavy (non-hydrogen) atoms. The number of piperazine rings is 1. The Hall–Kier alpha value is -3.19. The lowest BCUT2D eigenvalue weighted by Crippen LogP contribution is -2.59. The van der Waals surface area contributed by atoms with E-state index in [9.17, 15) is 15.0 Å². The summed E-state index contributed by atoms with van der Waals surface area (Å²) < 4.78 is 11.9. The number of aliphatic hydroxyl groups is 1. The summed E-state index contributed by atoms with van der Waals surface area (Å²) in [4.78, 5) is 21.3. The highest BCUT2D eigenvalue weighted by Crippen LogP contribution is 2.35. The van der Waals surface area contributed by atoms with Gasteiger partial charge in [-0.15, -0.1) is 10.2 Å². The largest absolute Gasteiger partial charge is 0.507 e. The molecular formula is C34H51N7O5. The molecule has 1 aliphatic carbocycles. The number of carbonyl (C=O) groups is 1. The lowest BCUT2D eigenvalue weighted by atomic mass is 9.86. The highest BCUT2D eigenvalue weighted by Gasteiger charge is 2.40. The Morgan fingerprint density at radius 3 is 2.30 bits per heavy atom. The van der Waals surface area contributed by atoms with Gasteiger partial charge in [-0.3, -0.25) is 9.80 Å². The second-order valence-corrected chi connectivity index (χ2v) is 14.6. The average molecular weight is 638 g/mol. The van der Waals surface area contributed by atoms with Crippen LogP contribution in [0, 0.1) is 0 Å². The monoisotopic (exact) mass is 637 g/mol. The molecule has 1 aromatic heterocycles. The number of benzene rings is 1. The van der Waals surface area contributed by atoms with Gasteiger partial charge in [0.15, 0.2) is 5.82 Å². The van der Waals surface area contributed by atoms with Crippen molar-refractivity contribution in [2.75, 3.05) is 69.5 Å². The highest BCUT2D eigenvalue weighted by atomic mass is 16.6. The fourth-order valence-electron chi connectivity index (χ4n) is 7.21. The van der Waals surface area contributed by atoms with E-state index in [2.05, 4.69) is 24.9 Å². The SMILES string of the molecule is CC(C)(C)OC(=O)N1CCC(O[C@H]2C[C@H](N3CCN(CC4(O)CCN(c5cc(-c6ccccc6O)nnc5N)CC4)CC3)C2)CC1. The molecule has 0 radical (unpaired) electrons. The molecule has 3 saturated heterocycles. The van der Waals surface area contributed by atoms with Gasteiger partial charge in [0.2, 0.25) is 0 Å². The van der Waals surface area contributed by atoms with Gasteiger partial charge in [-0.25, -0.2) is 4.79 Å². The minimum Gasteiger partial charge on any atom is -0.507 e. The Morgan fingerprint density at radius 1 is 0.978 bits per heavy atom. The first kappa shape index (κ1) is 32.7. The molecule has 0 atom stereocenters. The summed E-state index contributed by atoms with van der Waals surface area (Å²) in [5.74, 6) is 0.507. The number of amides is 1. The number of phenols is 1. The number of para-hydroxylation sites is 1. The number of hydrogen-bond acceptors (Lipinski definition) is 11. The fourth-order valence-corrected chi connectivity index (χ4v) is 7.21. The molecule has 4 aliphatic rings. The topological polar surface area (TPSA) is 141 Å². The van der Waals surface area contributed by atoms with Crippen LogP contribution in [0.15, 0.2) is 30.3 Å². The number of aromatic hydroxyl groups is 1. The van der Waals surface area contributed by atoms with Crippen LogP contribution in [0.4, 0.5) is 16.3 Å². The molecule has 1 saturated carbocycles. The van der Waals surface area contributed by atoms with Crippen molar-refractivity contribution in [3.05, 3.63) is 30.3 Å². The molecule has 0 spiro atoms. The number of carbonyl (C=O) groups excluding carboxylic acids is 1. The molecule has 252 valence electrons. The van der Waals surface area contributed by atoms with Crippen molar-refractivity contribution in [2.24, 2.45) is 0 Å². The van der Waals surface area contributed by atoms with Gasteiger partial charge in [0.1, 0.15) is 11.4 Å². The van der Waals surface area contributed by atoms with Crippen molar-refractivity contribution in [3.63, 3.8) is 0 Å². The molecule has 12 nitrogen and oxygen atoms in total. The number of aromatic nitrogens is 2. The quantitative estimate of drug-likeness (QED) is 0.412. The van der Waals surface area contributed by atoms with Crippen molar-refractivity contribution in [3.8, 4) is 17.0 Å². The van der Waals surface area contributed by atoms with Crippen LogP contribution in [0.1, 0.15) is 59.3 Å². The van der Waals surface area contributed by atoms with Gasteiger partial charge < -0.3 is 35.2 Å². The Labute approximate surface area is 272 Å². The zero-order valence-electron chi connectivity index (χ0n) is 27.6. The van der Waals surface area contributed by atoms with Crippen LogP contribution in [0.5, 0.6) is 5.75 Å². The molecule has 4 fully saturated rings. The first-order chi connectivity index (χ1) is 21.9.